The van der Waals surface area contributed by atoms with Crippen LogP contribution in [0.2, 0.25) is 0 Å². The smallest absolute Gasteiger partial charge is 0.237 e. The molecule has 0 aromatic carbocycles. The highest BCUT2D eigenvalue weighted by atomic mass is 35.5. The van der Waals surface area contributed by atoms with Gasteiger partial charge < -0.3 is 14.4 Å². The molecular formula is C14H21ClN2O3S. The lowest BCUT2D eigenvalue weighted by Crippen LogP contribution is -2.46. The van der Waals surface area contributed by atoms with Gasteiger partial charge in [0.1, 0.15) is 11.5 Å². The second kappa shape index (κ2) is 6.20. The molecule has 1 amide bonds. The van der Waals surface area contributed by atoms with Crippen molar-refractivity contribution in [2.24, 2.45) is 0 Å². The molecule has 0 bridgehead atoms. The van der Waals surface area contributed by atoms with Gasteiger partial charge in [0.05, 0.1) is 19.7 Å². The number of rotatable bonds is 5. The highest BCUT2D eigenvalue weighted by Crippen LogP contribution is 2.32. The van der Waals surface area contributed by atoms with Crippen LogP contribution in [0, 0.1) is 6.92 Å². The van der Waals surface area contributed by atoms with Crippen LogP contribution in [0.5, 0.6) is 0 Å². The first-order chi connectivity index (χ1) is 9.75. The third kappa shape index (κ3) is 4.16. The Morgan fingerprint density at radius 1 is 1.52 bits per heavy atom. The third-order valence-corrected chi connectivity index (χ3v) is 4.50. The molecule has 2 rings (SSSR count). The van der Waals surface area contributed by atoms with Crippen LogP contribution in [0.3, 0.4) is 0 Å². The summed E-state index contributed by atoms with van der Waals surface area (Å²) in [6, 6.07) is 0. The molecule has 1 aliphatic rings. The zero-order chi connectivity index (χ0) is 15.7. The quantitative estimate of drug-likeness (QED) is 0.778. The van der Waals surface area contributed by atoms with Crippen molar-refractivity contribution in [2.45, 2.75) is 45.6 Å². The summed E-state index contributed by atoms with van der Waals surface area (Å²) in [5, 5.41) is 0. The Morgan fingerprint density at radius 3 is 2.71 bits per heavy atom. The molecule has 1 saturated heterocycles. The fraction of sp³-hybridized carbons (Fsp3) is 0.714. The van der Waals surface area contributed by atoms with Crippen molar-refractivity contribution in [3.63, 3.8) is 0 Å². The maximum Gasteiger partial charge on any atom is 0.237 e. The van der Waals surface area contributed by atoms with Crippen LogP contribution in [0.25, 0.3) is 0 Å². The lowest BCUT2D eigenvalue weighted by atomic mass is 10.1. The number of amides is 1. The summed E-state index contributed by atoms with van der Waals surface area (Å²) in [5.41, 5.74) is 0.561. The molecule has 0 spiro atoms. The van der Waals surface area contributed by atoms with Crippen molar-refractivity contribution in [3.05, 3.63) is 16.6 Å². The summed E-state index contributed by atoms with van der Waals surface area (Å²) in [5.74, 6) is -0.776. The summed E-state index contributed by atoms with van der Waals surface area (Å²) >= 11 is 7.14. The van der Waals surface area contributed by atoms with Gasteiger partial charge in [0.15, 0.2) is 5.79 Å². The molecule has 0 N–H and O–H groups in total. The average Bonchev–Trinajstić information content (AvgIpc) is 2.92. The molecule has 1 aromatic rings. The number of nitrogens with zero attached hydrogens (tertiary/aromatic N) is 2. The van der Waals surface area contributed by atoms with Gasteiger partial charge in [-0.2, -0.15) is 0 Å². The van der Waals surface area contributed by atoms with E-state index in [0.29, 0.717) is 19.7 Å². The zero-order valence-electron chi connectivity index (χ0n) is 12.8. The van der Waals surface area contributed by atoms with Crippen molar-refractivity contribution >= 4 is 29.0 Å². The predicted molar refractivity (Wildman–Crippen MR) is 82.5 cm³/mol. The molecule has 7 heteroatoms. The van der Waals surface area contributed by atoms with E-state index in [9.17, 15) is 4.79 Å². The number of halogens is 1. The van der Waals surface area contributed by atoms with Gasteiger partial charge in [-0.15, -0.1) is 11.6 Å². The van der Waals surface area contributed by atoms with Crippen molar-refractivity contribution in [1.82, 2.24) is 9.27 Å². The number of hydrogen-bond acceptors (Lipinski definition) is 5. The number of alkyl halides is 1. The van der Waals surface area contributed by atoms with E-state index >= 15 is 0 Å². The molecule has 1 unspecified atom stereocenters. The van der Waals surface area contributed by atoms with E-state index in [4.69, 9.17) is 21.1 Å². The minimum absolute atomic E-state index is 0.0435. The second-order valence-electron chi connectivity index (χ2n) is 6.06. The second-order valence-corrected chi connectivity index (χ2v) is 7.21. The minimum atomic E-state index is -0.620. The largest absolute Gasteiger partial charge is 0.347 e. The van der Waals surface area contributed by atoms with Crippen molar-refractivity contribution < 1.29 is 14.3 Å². The van der Waals surface area contributed by atoms with Crippen LogP contribution in [0.15, 0.2) is 6.20 Å². The van der Waals surface area contributed by atoms with E-state index in [1.807, 2.05) is 33.9 Å². The normalized spacial score (nSPS) is 24.2. The summed E-state index contributed by atoms with van der Waals surface area (Å²) in [7, 11) is 0. The zero-order valence-corrected chi connectivity index (χ0v) is 14.4. The maximum absolute atomic E-state index is 12.1. The van der Waals surface area contributed by atoms with Gasteiger partial charge in [-0.05, 0) is 44.8 Å². The Labute approximate surface area is 134 Å². The first-order valence-electron chi connectivity index (χ1n) is 6.83. The van der Waals surface area contributed by atoms with Crippen LogP contribution in [-0.2, 0) is 20.8 Å². The number of ether oxygens (including phenoxy) is 2. The minimum Gasteiger partial charge on any atom is -0.347 e. The molecule has 1 aliphatic heterocycles. The summed E-state index contributed by atoms with van der Waals surface area (Å²) in [4.78, 5) is 14.9. The molecule has 2 heterocycles. The van der Waals surface area contributed by atoms with Crippen LogP contribution in [0.1, 0.15) is 31.2 Å². The Bertz CT molecular complexity index is 520. The maximum atomic E-state index is 12.1. The van der Waals surface area contributed by atoms with Crippen LogP contribution in [-0.4, -0.2) is 45.6 Å². The van der Waals surface area contributed by atoms with E-state index in [0.717, 1.165) is 10.4 Å². The first-order valence-corrected chi connectivity index (χ1v) is 8.13. The van der Waals surface area contributed by atoms with Gasteiger partial charge in [0.25, 0.3) is 0 Å². The number of aromatic nitrogens is 1. The molecule has 5 nitrogen and oxygen atoms in total. The Hall–Kier alpha value is -0.690. The van der Waals surface area contributed by atoms with E-state index in [1.54, 1.807) is 4.90 Å². The summed E-state index contributed by atoms with van der Waals surface area (Å²) in [6.07, 6.45) is 1.81. The Morgan fingerprint density at radius 2 is 2.24 bits per heavy atom. The first kappa shape index (κ1) is 16.7. The number of carbonyl (C=O) groups excluding carboxylic acids is 1. The van der Waals surface area contributed by atoms with Gasteiger partial charge in [-0.3, -0.25) is 4.79 Å². The fourth-order valence-corrected chi connectivity index (χ4v) is 3.33. The van der Waals surface area contributed by atoms with Gasteiger partial charge in [0.2, 0.25) is 5.91 Å². The summed E-state index contributed by atoms with van der Waals surface area (Å²) < 4.78 is 15.7. The molecule has 0 radical (unpaired) electrons. The predicted octanol–water partition coefficient (Wildman–Crippen LogP) is 2.56. The Balaban J connectivity index is 2.10. The molecule has 118 valence electrons. The van der Waals surface area contributed by atoms with Gasteiger partial charge in [-0.25, -0.2) is 4.37 Å². The third-order valence-electron chi connectivity index (χ3n) is 3.39. The molecule has 1 aromatic heterocycles. The van der Waals surface area contributed by atoms with E-state index < -0.39 is 11.4 Å². The van der Waals surface area contributed by atoms with Crippen molar-refractivity contribution in [3.8, 4) is 0 Å². The van der Waals surface area contributed by atoms with Crippen molar-refractivity contribution in [1.29, 1.82) is 0 Å². The van der Waals surface area contributed by atoms with Gasteiger partial charge in [-0.1, -0.05) is 0 Å². The molecular weight excluding hydrogens is 312 g/mol. The lowest BCUT2D eigenvalue weighted by Gasteiger charge is -2.31. The highest BCUT2D eigenvalue weighted by Gasteiger charge is 2.43. The monoisotopic (exact) mass is 332 g/mol. The lowest BCUT2D eigenvalue weighted by molar-refractivity contribution is -0.164. The van der Waals surface area contributed by atoms with E-state index in [-0.39, 0.29) is 11.8 Å². The van der Waals surface area contributed by atoms with Gasteiger partial charge >= 0.3 is 0 Å². The van der Waals surface area contributed by atoms with Crippen LogP contribution < -0.4 is 0 Å². The summed E-state index contributed by atoms with van der Waals surface area (Å²) in [6.45, 7) is 9.09. The number of hydrogen-bond donors (Lipinski definition) is 0. The average molecular weight is 333 g/mol. The van der Waals surface area contributed by atoms with Crippen LogP contribution in [0.4, 0.5) is 0 Å². The number of aryl methyl sites for hydroxylation is 1. The molecule has 1 fully saturated rings. The van der Waals surface area contributed by atoms with E-state index in [2.05, 4.69) is 4.37 Å². The molecule has 1 atom stereocenters. The van der Waals surface area contributed by atoms with Gasteiger partial charge in [0, 0.05) is 11.1 Å². The molecule has 0 aliphatic carbocycles. The SMILES string of the molecule is Cc1cnsc1CN(CC1(C)COC(C)(C)O1)C(=O)CCl. The molecule has 0 saturated carbocycles. The Kier molecular flexibility index (Phi) is 4.92. The number of carbonyl (C=O) groups is 1. The van der Waals surface area contributed by atoms with Crippen molar-refractivity contribution in [2.75, 3.05) is 19.0 Å². The standard InChI is InChI=1S/C14H21ClN2O3S/c1-10-6-16-21-11(10)7-17(12(18)5-15)8-14(4)9-19-13(2,3)20-14/h6H,5,7-9H2,1-4H3. The van der Waals surface area contributed by atoms with Crippen LogP contribution >= 0.6 is 23.1 Å². The van der Waals surface area contributed by atoms with E-state index in [1.165, 1.54) is 11.5 Å². The highest BCUT2D eigenvalue weighted by molar-refractivity contribution is 7.05. The fourth-order valence-electron chi connectivity index (χ4n) is 2.42. The topological polar surface area (TPSA) is 51.7 Å². The molecule has 21 heavy (non-hydrogen) atoms.